The van der Waals surface area contributed by atoms with E-state index >= 15 is 0 Å². The van der Waals surface area contributed by atoms with Crippen LogP contribution in [0.1, 0.15) is 18.4 Å². The standard InChI is InChI=1S/C20H23NO2/c1-23-19-4-2-3-16(13-19)15-5-7-17(8-6-15)20(22)14-21-11-9-18(20)10-12-21/h2-8,13,18,22H,9-12,14H2,1H3. The lowest BCUT2D eigenvalue weighted by atomic mass is 9.71. The summed E-state index contributed by atoms with van der Waals surface area (Å²) in [4.78, 5) is 2.38. The summed E-state index contributed by atoms with van der Waals surface area (Å²) in [6.07, 6.45) is 2.21. The second-order valence-electron chi connectivity index (χ2n) is 6.78. The van der Waals surface area contributed by atoms with E-state index in [0.717, 1.165) is 54.9 Å². The van der Waals surface area contributed by atoms with Crippen molar-refractivity contribution in [2.75, 3.05) is 26.7 Å². The van der Waals surface area contributed by atoms with Crippen LogP contribution < -0.4 is 4.74 Å². The van der Waals surface area contributed by atoms with Crippen LogP contribution in [0, 0.1) is 5.92 Å². The molecule has 3 heteroatoms. The highest BCUT2D eigenvalue weighted by molar-refractivity contribution is 5.65. The first-order valence-corrected chi connectivity index (χ1v) is 8.39. The van der Waals surface area contributed by atoms with Crippen LogP contribution in [0.4, 0.5) is 0 Å². The molecule has 0 aliphatic carbocycles. The van der Waals surface area contributed by atoms with Gasteiger partial charge in [-0.1, -0.05) is 36.4 Å². The number of aliphatic hydroxyl groups is 1. The van der Waals surface area contributed by atoms with E-state index in [2.05, 4.69) is 35.2 Å². The molecule has 2 aromatic rings. The summed E-state index contributed by atoms with van der Waals surface area (Å²) in [6.45, 7) is 3.04. The van der Waals surface area contributed by atoms with Gasteiger partial charge in [0.2, 0.25) is 0 Å². The van der Waals surface area contributed by atoms with Crippen molar-refractivity contribution in [1.82, 2.24) is 4.90 Å². The highest BCUT2D eigenvalue weighted by atomic mass is 16.5. The number of ether oxygens (including phenoxy) is 1. The Kier molecular flexibility index (Phi) is 3.63. The van der Waals surface area contributed by atoms with Crippen LogP contribution in [0.25, 0.3) is 11.1 Å². The maximum atomic E-state index is 11.2. The van der Waals surface area contributed by atoms with Crippen molar-refractivity contribution in [3.05, 3.63) is 54.1 Å². The zero-order valence-electron chi connectivity index (χ0n) is 13.5. The second kappa shape index (κ2) is 5.66. The largest absolute Gasteiger partial charge is 0.497 e. The van der Waals surface area contributed by atoms with Crippen LogP contribution in [0.2, 0.25) is 0 Å². The van der Waals surface area contributed by atoms with Gasteiger partial charge >= 0.3 is 0 Å². The molecule has 120 valence electrons. The third-order valence-electron chi connectivity index (χ3n) is 5.52. The van der Waals surface area contributed by atoms with Gasteiger partial charge in [-0.15, -0.1) is 0 Å². The monoisotopic (exact) mass is 309 g/mol. The normalized spacial score (nSPS) is 29.5. The van der Waals surface area contributed by atoms with Gasteiger partial charge in [-0.2, -0.15) is 0 Å². The Bertz CT molecular complexity index is 689. The number of benzene rings is 2. The van der Waals surface area contributed by atoms with E-state index in [1.165, 1.54) is 0 Å². The first-order chi connectivity index (χ1) is 11.2. The number of piperidine rings is 3. The predicted molar refractivity (Wildman–Crippen MR) is 91.5 cm³/mol. The van der Waals surface area contributed by atoms with E-state index in [1.807, 2.05) is 18.2 Å². The van der Waals surface area contributed by atoms with Crippen molar-refractivity contribution in [3.63, 3.8) is 0 Å². The molecule has 0 aromatic heterocycles. The Morgan fingerprint density at radius 3 is 2.39 bits per heavy atom. The maximum Gasteiger partial charge on any atom is 0.119 e. The Hall–Kier alpha value is -1.84. The molecule has 3 saturated heterocycles. The van der Waals surface area contributed by atoms with Crippen LogP contribution in [-0.4, -0.2) is 36.8 Å². The summed E-state index contributed by atoms with van der Waals surface area (Å²) >= 11 is 0. The van der Waals surface area contributed by atoms with Crippen LogP contribution in [0.5, 0.6) is 5.75 Å². The second-order valence-corrected chi connectivity index (χ2v) is 6.78. The lowest BCUT2D eigenvalue weighted by molar-refractivity contribution is -0.117. The van der Waals surface area contributed by atoms with E-state index in [0.29, 0.717) is 5.92 Å². The highest BCUT2D eigenvalue weighted by Gasteiger charge is 2.46. The van der Waals surface area contributed by atoms with Crippen LogP contribution in [0.3, 0.4) is 0 Å². The number of hydrogen-bond donors (Lipinski definition) is 1. The van der Waals surface area contributed by atoms with Gasteiger partial charge in [0.15, 0.2) is 0 Å². The summed E-state index contributed by atoms with van der Waals surface area (Å²) in [5, 5.41) is 11.2. The third kappa shape index (κ3) is 2.54. The summed E-state index contributed by atoms with van der Waals surface area (Å²) in [5.41, 5.74) is 2.66. The molecule has 2 aromatic carbocycles. The zero-order chi connectivity index (χ0) is 15.9. The van der Waals surface area contributed by atoms with Crippen LogP contribution in [0.15, 0.2) is 48.5 Å². The summed E-state index contributed by atoms with van der Waals surface area (Å²) in [7, 11) is 1.69. The van der Waals surface area contributed by atoms with Crippen molar-refractivity contribution >= 4 is 0 Å². The number of hydrogen-bond acceptors (Lipinski definition) is 3. The summed E-state index contributed by atoms with van der Waals surface area (Å²) in [6, 6.07) is 16.5. The van der Waals surface area contributed by atoms with E-state index in [4.69, 9.17) is 4.74 Å². The number of nitrogens with zero attached hydrogens (tertiary/aromatic N) is 1. The van der Waals surface area contributed by atoms with E-state index in [1.54, 1.807) is 7.11 Å². The van der Waals surface area contributed by atoms with Crippen molar-refractivity contribution < 1.29 is 9.84 Å². The molecule has 1 N–H and O–H groups in total. The number of fused-ring (bicyclic) bond motifs is 3. The molecule has 1 atom stereocenters. The molecule has 0 amide bonds. The van der Waals surface area contributed by atoms with Crippen LogP contribution in [-0.2, 0) is 5.60 Å². The Morgan fingerprint density at radius 1 is 1.04 bits per heavy atom. The van der Waals surface area contributed by atoms with E-state index in [-0.39, 0.29) is 0 Å². The van der Waals surface area contributed by atoms with Gasteiger partial charge in [-0.3, -0.25) is 0 Å². The van der Waals surface area contributed by atoms with E-state index in [9.17, 15) is 5.11 Å². The van der Waals surface area contributed by atoms with Gasteiger partial charge in [-0.25, -0.2) is 0 Å². The van der Waals surface area contributed by atoms with E-state index < -0.39 is 5.60 Å². The smallest absolute Gasteiger partial charge is 0.119 e. The molecule has 5 rings (SSSR count). The minimum absolute atomic E-state index is 0.398. The fourth-order valence-corrected chi connectivity index (χ4v) is 4.12. The fourth-order valence-electron chi connectivity index (χ4n) is 4.12. The topological polar surface area (TPSA) is 32.7 Å². The molecule has 2 bridgehead atoms. The van der Waals surface area contributed by atoms with Crippen molar-refractivity contribution in [1.29, 1.82) is 0 Å². The highest BCUT2D eigenvalue weighted by Crippen LogP contribution is 2.42. The van der Waals surface area contributed by atoms with Crippen molar-refractivity contribution in [2.45, 2.75) is 18.4 Å². The molecule has 23 heavy (non-hydrogen) atoms. The molecule has 3 aliphatic rings. The van der Waals surface area contributed by atoms with Crippen molar-refractivity contribution in [2.24, 2.45) is 5.92 Å². The minimum atomic E-state index is -0.677. The van der Waals surface area contributed by atoms with Gasteiger partial charge < -0.3 is 14.7 Å². The summed E-state index contributed by atoms with van der Waals surface area (Å²) in [5.74, 6) is 1.26. The zero-order valence-corrected chi connectivity index (χ0v) is 13.5. The predicted octanol–water partition coefficient (Wildman–Crippen LogP) is 3.28. The Balaban J connectivity index is 1.63. The molecule has 3 fully saturated rings. The molecule has 0 radical (unpaired) electrons. The number of rotatable bonds is 3. The molecule has 3 heterocycles. The lowest BCUT2D eigenvalue weighted by Gasteiger charge is -2.50. The maximum absolute atomic E-state index is 11.2. The first kappa shape index (κ1) is 14.7. The van der Waals surface area contributed by atoms with Gasteiger partial charge in [-0.05, 0) is 60.7 Å². The molecular formula is C20H23NO2. The van der Waals surface area contributed by atoms with Crippen molar-refractivity contribution in [3.8, 4) is 16.9 Å². The van der Waals surface area contributed by atoms with Gasteiger partial charge in [0.25, 0.3) is 0 Å². The number of methoxy groups -OCH3 is 1. The SMILES string of the molecule is COc1cccc(-c2ccc(C3(O)CN4CCC3CC4)cc2)c1. The molecule has 1 unspecified atom stereocenters. The van der Waals surface area contributed by atoms with Gasteiger partial charge in [0.1, 0.15) is 11.4 Å². The minimum Gasteiger partial charge on any atom is -0.497 e. The first-order valence-electron chi connectivity index (χ1n) is 8.39. The molecule has 0 saturated carbocycles. The fraction of sp³-hybridized carbons (Fsp3) is 0.400. The molecule has 0 spiro atoms. The Morgan fingerprint density at radius 2 is 1.78 bits per heavy atom. The third-order valence-corrected chi connectivity index (χ3v) is 5.52. The van der Waals surface area contributed by atoms with Gasteiger partial charge in [0, 0.05) is 6.54 Å². The quantitative estimate of drug-likeness (QED) is 0.944. The lowest BCUT2D eigenvalue weighted by Crippen LogP contribution is -2.57. The molecular weight excluding hydrogens is 286 g/mol. The van der Waals surface area contributed by atoms with Gasteiger partial charge in [0.05, 0.1) is 7.11 Å². The molecule has 3 nitrogen and oxygen atoms in total. The molecule has 3 aliphatic heterocycles. The summed E-state index contributed by atoms with van der Waals surface area (Å²) < 4.78 is 5.30. The Labute approximate surface area is 137 Å². The average molecular weight is 309 g/mol. The average Bonchev–Trinajstić information content (AvgIpc) is 2.63. The van der Waals surface area contributed by atoms with Crippen LogP contribution >= 0.6 is 0 Å².